The highest BCUT2D eigenvalue weighted by Gasteiger charge is 2.19. The average Bonchev–Trinajstić information content (AvgIpc) is 3.00. The van der Waals surface area contributed by atoms with Gasteiger partial charge in [-0.3, -0.25) is 14.2 Å². The Morgan fingerprint density at radius 1 is 1.23 bits per heavy atom. The van der Waals surface area contributed by atoms with Crippen LogP contribution in [0.4, 0.5) is 4.39 Å². The molecule has 3 aromatic rings. The number of fused-ring (bicyclic) bond motifs is 1. The molecule has 26 heavy (non-hydrogen) atoms. The molecule has 0 atom stereocenters. The molecule has 0 unspecified atom stereocenters. The fourth-order valence-electron chi connectivity index (χ4n) is 2.76. The standard InChI is InChI=1S/C17H18FN5O3/c1-20(8-11-6-4-5-7-12(11)18)13(24)9-23-16(25)14-15(19-10-21(14)2)22(3)17(23)26/h4-7,10H,8-9H2,1-3H3. The van der Waals surface area contributed by atoms with Gasteiger partial charge >= 0.3 is 5.69 Å². The molecule has 0 spiro atoms. The van der Waals surface area contributed by atoms with Gasteiger partial charge in [0.05, 0.1) is 6.33 Å². The molecule has 1 aromatic carbocycles. The summed E-state index contributed by atoms with van der Waals surface area (Å²) in [6, 6.07) is 6.12. The van der Waals surface area contributed by atoms with Crippen molar-refractivity contribution in [2.45, 2.75) is 13.1 Å². The third-order valence-corrected chi connectivity index (χ3v) is 4.29. The maximum atomic E-state index is 13.7. The van der Waals surface area contributed by atoms with Gasteiger partial charge in [-0.25, -0.2) is 18.7 Å². The summed E-state index contributed by atoms with van der Waals surface area (Å²) in [6.07, 6.45) is 1.43. The maximum Gasteiger partial charge on any atom is 0.332 e. The first-order valence-corrected chi connectivity index (χ1v) is 7.89. The number of aromatic nitrogens is 4. The Kier molecular flexibility index (Phi) is 4.45. The SMILES string of the molecule is CN(Cc1ccccc1F)C(=O)Cn1c(=O)c2c(ncn2C)n(C)c1=O. The molecule has 0 saturated carbocycles. The summed E-state index contributed by atoms with van der Waals surface area (Å²) in [5, 5.41) is 0. The van der Waals surface area contributed by atoms with Gasteiger partial charge in [-0.05, 0) is 6.07 Å². The van der Waals surface area contributed by atoms with Gasteiger partial charge in [0, 0.05) is 33.3 Å². The number of aryl methyl sites for hydroxylation is 2. The van der Waals surface area contributed by atoms with Gasteiger partial charge in [-0.1, -0.05) is 18.2 Å². The van der Waals surface area contributed by atoms with Crippen LogP contribution in [0.3, 0.4) is 0 Å². The van der Waals surface area contributed by atoms with Crippen molar-refractivity contribution in [1.82, 2.24) is 23.6 Å². The predicted molar refractivity (Wildman–Crippen MR) is 93.1 cm³/mol. The molecule has 3 rings (SSSR count). The Morgan fingerprint density at radius 2 is 1.92 bits per heavy atom. The van der Waals surface area contributed by atoms with E-state index in [1.165, 1.54) is 40.5 Å². The van der Waals surface area contributed by atoms with Crippen LogP contribution in [0, 0.1) is 5.82 Å². The highest BCUT2D eigenvalue weighted by Crippen LogP contribution is 2.09. The molecule has 136 valence electrons. The van der Waals surface area contributed by atoms with Crippen LogP contribution in [0.5, 0.6) is 0 Å². The van der Waals surface area contributed by atoms with E-state index in [1.54, 1.807) is 25.2 Å². The minimum Gasteiger partial charge on any atom is -0.340 e. The van der Waals surface area contributed by atoms with E-state index in [-0.39, 0.29) is 17.7 Å². The normalized spacial score (nSPS) is 11.1. The first-order valence-electron chi connectivity index (χ1n) is 7.89. The van der Waals surface area contributed by atoms with Gasteiger partial charge in [0.15, 0.2) is 11.2 Å². The Morgan fingerprint density at radius 3 is 2.62 bits per heavy atom. The zero-order valence-electron chi connectivity index (χ0n) is 14.6. The molecule has 1 amide bonds. The predicted octanol–water partition coefficient (Wildman–Crippen LogP) is 0.231. The summed E-state index contributed by atoms with van der Waals surface area (Å²) in [4.78, 5) is 42.8. The molecule has 9 heteroatoms. The summed E-state index contributed by atoms with van der Waals surface area (Å²) in [6.45, 7) is -0.397. The second-order valence-electron chi connectivity index (χ2n) is 6.10. The molecule has 2 aromatic heterocycles. The third-order valence-electron chi connectivity index (χ3n) is 4.29. The number of carbonyl (C=O) groups excluding carboxylic acids is 1. The molecular weight excluding hydrogens is 341 g/mol. The van der Waals surface area contributed by atoms with Gasteiger partial charge in [0.2, 0.25) is 5.91 Å². The van der Waals surface area contributed by atoms with E-state index in [9.17, 15) is 18.8 Å². The molecule has 0 N–H and O–H groups in total. The molecule has 0 aliphatic heterocycles. The van der Waals surface area contributed by atoms with Gasteiger partial charge < -0.3 is 9.47 Å². The summed E-state index contributed by atoms with van der Waals surface area (Å²) in [5.74, 6) is -0.898. The van der Waals surface area contributed by atoms with Crippen molar-refractivity contribution >= 4 is 17.1 Å². The van der Waals surface area contributed by atoms with Crippen LogP contribution in [0.15, 0.2) is 40.2 Å². The van der Waals surface area contributed by atoms with Crippen LogP contribution in [0.25, 0.3) is 11.2 Å². The van der Waals surface area contributed by atoms with Gasteiger partial charge in [-0.15, -0.1) is 0 Å². The van der Waals surface area contributed by atoms with Crippen molar-refractivity contribution in [3.63, 3.8) is 0 Å². The van der Waals surface area contributed by atoms with Crippen LogP contribution in [0.1, 0.15) is 5.56 Å². The second-order valence-corrected chi connectivity index (χ2v) is 6.10. The Balaban J connectivity index is 1.92. The monoisotopic (exact) mass is 359 g/mol. The van der Waals surface area contributed by atoms with Crippen molar-refractivity contribution in [3.8, 4) is 0 Å². The average molecular weight is 359 g/mol. The molecular formula is C17H18FN5O3. The lowest BCUT2D eigenvalue weighted by Crippen LogP contribution is -2.43. The number of amides is 1. The van der Waals surface area contributed by atoms with Crippen molar-refractivity contribution in [2.24, 2.45) is 14.1 Å². The third kappa shape index (κ3) is 2.92. The van der Waals surface area contributed by atoms with Crippen molar-refractivity contribution < 1.29 is 9.18 Å². The minimum atomic E-state index is -0.631. The van der Waals surface area contributed by atoms with Gasteiger partial charge in [0.1, 0.15) is 12.4 Å². The lowest BCUT2D eigenvalue weighted by atomic mass is 10.2. The summed E-state index contributed by atoms with van der Waals surface area (Å²) >= 11 is 0. The van der Waals surface area contributed by atoms with E-state index in [0.717, 1.165) is 4.57 Å². The number of rotatable bonds is 4. The van der Waals surface area contributed by atoms with E-state index in [4.69, 9.17) is 0 Å². The Labute approximate surface area is 147 Å². The number of hydrogen-bond acceptors (Lipinski definition) is 4. The smallest absolute Gasteiger partial charge is 0.332 e. The number of likely N-dealkylation sites (N-methyl/N-ethyl adjacent to an activating group) is 1. The summed E-state index contributed by atoms with van der Waals surface area (Å²) < 4.78 is 17.3. The van der Waals surface area contributed by atoms with Gasteiger partial charge in [0.25, 0.3) is 5.56 Å². The zero-order valence-corrected chi connectivity index (χ0v) is 14.6. The van der Waals surface area contributed by atoms with E-state index in [2.05, 4.69) is 4.98 Å². The largest absolute Gasteiger partial charge is 0.340 e. The second kappa shape index (κ2) is 6.58. The first kappa shape index (κ1) is 17.6. The van der Waals surface area contributed by atoms with E-state index in [1.807, 2.05) is 0 Å². The lowest BCUT2D eigenvalue weighted by molar-refractivity contribution is -0.131. The van der Waals surface area contributed by atoms with E-state index in [0.29, 0.717) is 5.56 Å². The van der Waals surface area contributed by atoms with Crippen molar-refractivity contribution in [3.05, 3.63) is 62.8 Å². The fourth-order valence-corrected chi connectivity index (χ4v) is 2.76. The number of benzene rings is 1. The van der Waals surface area contributed by atoms with Crippen LogP contribution in [0.2, 0.25) is 0 Å². The molecule has 0 radical (unpaired) electrons. The van der Waals surface area contributed by atoms with Crippen molar-refractivity contribution in [2.75, 3.05) is 7.05 Å². The lowest BCUT2D eigenvalue weighted by Gasteiger charge is -2.18. The number of hydrogen-bond donors (Lipinski definition) is 0. The molecule has 2 heterocycles. The van der Waals surface area contributed by atoms with Crippen LogP contribution in [-0.2, 0) is 32.0 Å². The van der Waals surface area contributed by atoms with E-state index >= 15 is 0 Å². The van der Waals surface area contributed by atoms with Crippen molar-refractivity contribution in [1.29, 1.82) is 0 Å². The van der Waals surface area contributed by atoms with Crippen LogP contribution >= 0.6 is 0 Å². The summed E-state index contributed by atoms with van der Waals surface area (Å²) in [5.41, 5.74) is -0.377. The quantitative estimate of drug-likeness (QED) is 0.668. The fraction of sp³-hybridized carbons (Fsp3) is 0.294. The molecule has 0 bridgehead atoms. The summed E-state index contributed by atoms with van der Waals surface area (Å²) in [7, 11) is 4.62. The molecule has 0 saturated heterocycles. The number of carbonyl (C=O) groups is 1. The number of imidazole rings is 1. The molecule has 0 aliphatic carbocycles. The van der Waals surface area contributed by atoms with Gasteiger partial charge in [-0.2, -0.15) is 0 Å². The van der Waals surface area contributed by atoms with Crippen LogP contribution in [-0.4, -0.2) is 36.5 Å². The zero-order chi connectivity index (χ0) is 19.0. The topological polar surface area (TPSA) is 82.1 Å². The molecule has 8 nitrogen and oxygen atoms in total. The van der Waals surface area contributed by atoms with Crippen LogP contribution < -0.4 is 11.2 Å². The first-order chi connectivity index (χ1) is 12.3. The Hall–Kier alpha value is -3.23. The number of halogens is 1. The molecule has 0 aliphatic rings. The number of nitrogens with zero attached hydrogens (tertiary/aromatic N) is 5. The maximum absolute atomic E-state index is 13.7. The minimum absolute atomic E-state index is 0.0362. The molecule has 0 fully saturated rings. The highest BCUT2D eigenvalue weighted by atomic mass is 19.1. The van der Waals surface area contributed by atoms with E-state index < -0.39 is 29.5 Å². The Bertz CT molecular complexity index is 1110. The highest BCUT2D eigenvalue weighted by molar-refractivity contribution is 5.76.